The van der Waals surface area contributed by atoms with E-state index in [2.05, 4.69) is 20.2 Å². The Balaban J connectivity index is 1.23. The predicted octanol–water partition coefficient (Wildman–Crippen LogP) is 3.18. The van der Waals surface area contributed by atoms with Crippen molar-refractivity contribution in [3.05, 3.63) is 46.0 Å². The van der Waals surface area contributed by atoms with Gasteiger partial charge >= 0.3 is 5.69 Å². The molecule has 180 valence electrons. The van der Waals surface area contributed by atoms with E-state index in [0.29, 0.717) is 16.7 Å². The van der Waals surface area contributed by atoms with Crippen molar-refractivity contribution in [1.29, 1.82) is 0 Å². The molecule has 1 aromatic carbocycles. The van der Waals surface area contributed by atoms with Crippen molar-refractivity contribution in [2.75, 3.05) is 43.9 Å². The molecule has 0 atom stereocenters. The second-order valence-electron chi connectivity index (χ2n) is 8.61. The Morgan fingerprint density at radius 3 is 2.79 bits per heavy atom. The van der Waals surface area contributed by atoms with Crippen molar-refractivity contribution in [3.63, 3.8) is 0 Å². The highest BCUT2D eigenvalue weighted by Gasteiger charge is 2.21. The molecule has 1 aliphatic carbocycles. The van der Waals surface area contributed by atoms with Gasteiger partial charge in [-0.15, -0.1) is 0 Å². The van der Waals surface area contributed by atoms with Gasteiger partial charge < -0.3 is 10.1 Å². The zero-order valence-electron chi connectivity index (χ0n) is 19.1. The first kappa shape index (κ1) is 23.5. The van der Waals surface area contributed by atoms with Crippen LogP contribution in [0.4, 0.5) is 5.13 Å². The fourth-order valence-electron chi connectivity index (χ4n) is 4.59. The highest BCUT2D eigenvalue weighted by molar-refractivity contribution is 8.00. The minimum absolute atomic E-state index is 0.134. The van der Waals surface area contributed by atoms with Crippen LogP contribution < -0.4 is 11.0 Å². The number of nitrogens with zero attached hydrogens (tertiary/aromatic N) is 4. The van der Waals surface area contributed by atoms with E-state index in [1.807, 2.05) is 28.8 Å². The van der Waals surface area contributed by atoms with Gasteiger partial charge in [-0.05, 0) is 44.2 Å². The van der Waals surface area contributed by atoms with Gasteiger partial charge in [0.05, 0.1) is 29.2 Å². The van der Waals surface area contributed by atoms with Gasteiger partial charge in [0.2, 0.25) is 5.91 Å². The van der Waals surface area contributed by atoms with Crippen LogP contribution in [-0.2, 0) is 28.9 Å². The fourth-order valence-corrected chi connectivity index (χ4v) is 6.35. The molecule has 0 bridgehead atoms. The van der Waals surface area contributed by atoms with Crippen molar-refractivity contribution in [3.8, 4) is 0 Å². The Labute approximate surface area is 206 Å². The third-order valence-electron chi connectivity index (χ3n) is 6.29. The molecule has 0 radical (unpaired) electrons. The number of thiazole rings is 1. The first-order valence-electron chi connectivity index (χ1n) is 11.9. The van der Waals surface area contributed by atoms with Crippen molar-refractivity contribution in [2.24, 2.45) is 0 Å². The summed E-state index contributed by atoms with van der Waals surface area (Å²) in [4.78, 5) is 36.8. The summed E-state index contributed by atoms with van der Waals surface area (Å²) in [6, 6.07) is 7.82. The number of ether oxygens (including phenoxy) is 1. The van der Waals surface area contributed by atoms with Gasteiger partial charge in [-0.1, -0.05) is 35.2 Å². The molecule has 1 fully saturated rings. The average Bonchev–Trinajstić information content (AvgIpc) is 3.27. The van der Waals surface area contributed by atoms with E-state index in [0.717, 1.165) is 86.4 Å². The van der Waals surface area contributed by atoms with Crippen LogP contribution in [0.1, 0.15) is 30.5 Å². The SMILES string of the molecule is O=C(CSc1nc(=O)n(CCCN2CCOCC2)c2c1CCCC2)Nc1nc2ccccc2s1. The quantitative estimate of drug-likeness (QED) is 0.376. The van der Waals surface area contributed by atoms with Crippen LogP contribution in [0.2, 0.25) is 0 Å². The smallest absolute Gasteiger partial charge is 0.348 e. The maximum atomic E-state index is 12.9. The highest BCUT2D eigenvalue weighted by Crippen LogP contribution is 2.29. The number of thioether (sulfide) groups is 1. The molecule has 5 rings (SSSR count). The fraction of sp³-hybridized carbons (Fsp3) is 0.500. The number of hydrogen-bond acceptors (Lipinski definition) is 8. The van der Waals surface area contributed by atoms with Crippen molar-refractivity contribution in [1.82, 2.24) is 19.4 Å². The van der Waals surface area contributed by atoms with Crippen LogP contribution >= 0.6 is 23.1 Å². The maximum absolute atomic E-state index is 12.9. The molecule has 2 aromatic heterocycles. The van der Waals surface area contributed by atoms with Crippen LogP contribution in [0.5, 0.6) is 0 Å². The van der Waals surface area contributed by atoms with E-state index in [-0.39, 0.29) is 17.3 Å². The van der Waals surface area contributed by atoms with Gasteiger partial charge in [0.15, 0.2) is 5.13 Å². The van der Waals surface area contributed by atoms with Crippen LogP contribution in [-0.4, -0.2) is 63.9 Å². The lowest BCUT2D eigenvalue weighted by Gasteiger charge is -2.27. The summed E-state index contributed by atoms with van der Waals surface area (Å²) in [5, 5.41) is 4.20. The Bertz CT molecular complexity index is 1190. The van der Waals surface area contributed by atoms with E-state index < -0.39 is 0 Å². The van der Waals surface area contributed by atoms with Crippen molar-refractivity contribution >= 4 is 44.4 Å². The summed E-state index contributed by atoms with van der Waals surface area (Å²) in [7, 11) is 0. The molecule has 1 saturated heterocycles. The van der Waals surface area contributed by atoms with Crippen molar-refractivity contribution in [2.45, 2.75) is 43.7 Å². The largest absolute Gasteiger partial charge is 0.379 e. The number of anilines is 1. The van der Waals surface area contributed by atoms with Crippen LogP contribution in [0, 0.1) is 0 Å². The number of rotatable bonds is 8. The number of aromatic nitrogens is 3. The number of fused-ring (bicyclic) bond motifs is 2. The van der Waals surface area contributed by atoms with Crippen LogP contribution in [0.3, 0.4) is 0 Å². The third kappa shape index (κ3) is 5.51. The number of nitrogens with one attached hydrogen (secondary N) is 1. The molecule has 0 spiro atoms. The van der Waals surface area contributed by atoms with E-state index in [4.69, 9.17) is 4.74 Å². The Morgan fingerprint density at radius 2 is 1.94 bits per heavy atom. The summed E-state index contributed by atoms with van der Waals surface area (Å²) >= 11 is 2.82. The summed E-state index contributed by atoms with van der Waals surface area (Å²) < 4.78 is 8.33. The Morgan fingerprint density at radius 1 is 1.12 bits per heavy atom. The van der Waals surface area contributed by atoms with Gasteiger partial charge in [-0.25, -0.2) is 9.78 Å². The topological polar surface area (TPSA) is 89.4 Å². The number of carbonyl (C=O) groups is 1. The lowest BCUT2D eigenvalue weighted by Crippen LogP contribution is -2.38. The van der Waals surface area contributed by atoms with E-state index in [9.17, 15) is 9.59 Å². The van der Waals surface area contributed by atoms with Crippen molar-refractivity contribution < 1.29 is 9.53 Å². The summed E-state index contributed by atoms with van der Waals surface area (Å²) in [6.45, 7) is 5.14. The lowest BCUT2D eigenvalue weighted by molar-refractivity contribution is -0.113. The van der Waals surface area contributed by atoms with Gasteiger partial charge in [-0.3, -0.25) is 14.3 Å². The zero-order valence-corrected chi connectivity index (χ0v) is 20.8. The minimum atomic E-state index is -0.197. The monoisotopic (exact) mass is 499 g/mol. The molecule has 0 saturated carbocycles. The average molecular weight is 500 g/mol. The van der Waals surface area contributed by atoms with Gasteiger partial charge in [0.1, 0.15) is 5.03 Å². The predicted molar refractivity (Wildman–Crippen MR) is 136 cm³/mol. The van der Waals surface area contributed by atoms with Crippen LogP contribution in [0.15, 0.2) is 34.1 Å². The normalized spacial score (nSPS) is 16.5. The van der Waals surface area contributed by atoms with E-state index >= 15 is 0 Å². The minimum Gasteiger partial charge on any atom is -0.379 e. The maximum Gasteiger partial charge on any atom is 0.348 e. The highest BCUT2D eigenvalue weighted by atomic mass is 32.2. The van der Waals surface area contributed by atoms with E-state index in [1.54, 1.807) is 0 Å². The zero-order chi connectivity index (χ0) is 23.3. The molecule has 3 heterocycles. The standard InChI is InChI=1S/C24H29N5O3S2/c30-21(26-23-25-18-7-2-4-9-20(18)34-23)16-33-22-17-6-1-3-8-19(17)29(24(31)27-22)11-5-10-28-12-14-32-15-13-28/h2,4,7,9H,1,3,5-6,8,10-16H2,(H,25,26,30). The number of hydrogen-bond donors (Lipinski definition) is 1. The summed E-state index contributed by atoms with van der Waals surface area (Å²) in [6.07, 6.45) is 4.91. The number of para-hydroxylation sites is 1. The number of amides is 1. The first-order chi connectivity index (χ1) is 16.7. The lowest BCUT2D eigenvalue weighted by atomic mass is 9.97. The molecular formula is C24H29N5O3S2. The molecule has 1 aliphatic heterocycles. The first-order valence-corrected chi connectivity index (χ1v) is 13.7. The molecule has 0 unspecified atom stereocenters. The molecule has 2 aliphatic rings. The molecule has 8 nitrogen and oxygen atoms in total. The summed E-state index contributed by atoms with van der Waals surface area (Å²) in [5.41, 5.74) is 2.94. The second-order valence-corrected chi connectivity index (χ2v) is 10.6. The van der Waals surface area contributed by atoms with E-state index in [1.165, 1.54) is 23.1 Å². The number of benzene rings is 1. The molecule has 3 aromatic rings. The summed E-state index contributed by atoms with van der Waals surface area (Å²) in [5.74, 6) is 0.0701. The molecule has 10 heteroatoms. The Kier molecular flexibility index (Phi) is 7.58. The van der Waals surface area contributed by atoms with Gasteiger partial charge in [-0.2, -0.15) is 4.98 Å². The Hall–Kier alpha value is -2.27. The third-order valence-corrected chi connectivity index (χ3v) is 8.26. The number of morpholine rings is 1. The second kappa shape index (κ2) is 11.0. The molecule has 1 N–H and O–H groups in total. The van der Waals surface area contributed by atoms with Crippen LogP contribution in [0.25, 0.3) is 10.2 Å². The van der Waals surface area contributed by atoms with Gasteiger partial charge in [0, 0.05) is 37.4 Å². The van der Waals surface area contributed by atoms with Gasteiger partial charge in [0.25, 0.3) is 0 Å². The number of carbonyl (C=O) groups excluding carboxylic acids is 1. The molecule has 34 heavy (non-hydrogen) atoms. The molecular weight excluding hydrogens is 470 g/mol. The molecule has 1 amide bonds.